The molecular weight excluding hydrogens is 200 g/mol. The van der Waals surface area contributed by atoms with Crippen molar-refractivity contribution in [2.75, 3.05) is 10.7 Å². The number of nitro groups is 1. The maximum Gasteiger partial charge on any atom is 0.295 e. The molecule has 0 heterocycles. The van der Waals surface area contributed by atoms with Crippen LogP contribution in [0, 0.1) is 10.1 Å². The summed E-state index contributed by atoms with van der Waals surface area (Å²) >= 11 is 0. The summed E-state index contributed by atoms with van der Waals surface area (Å²) in [4.78, 5) is 20.8. The van der Waals surface area contributed by atoms with Crippen LogP contribution in [0.25, 0.3) is 0 Å². The van der Waals surface area contributed by atoms with Gasteiger partial charge in [0, 0.05) is 18.7 Å². The first-order valence-corrected chi connectivity index (χ1v) is 4.07. The molecule has 1 amide bonds. The van der Waals surface area contributed by atoms with E-state index in [1.807, 2.05) is 0 Å². The topological polar surface area (TPSA) is 110 Å². The van der Waals surface area contributed by atoms with Crippen molar-refractivity contribution in [3.8, 4) is 0 Å². The minimum absolute atomic E-state index is 0.189. The first-order chi connectivity index (χ1) is 7.04. The molecule has 0 atom stereocenters. The van der Waals surface area contributed by atoms with Gasteiger partial charge in [-0.15, -0.1) is 0 Å². The van der Waals surface area contributed by atoms with Crippen LogP contribution in [-0.2, 0) is 4.79 Å². The number of nitrogens with one attached hydrogen (secondary N) is 2. The maximum atomic E-state index is 10.7. The summed E-state index contributed by atoms with van der Waals surface area (Å²) in [6, 6.07) is 4.17. The van der Waals surface area contributed by atoms with Crippen LogP contribution in [0.2, 0.25) is 0 Å². The van der Waals surface area contributed by atoms with Crippen molar-refractivity contribution in [3.63, 3.8) is 0 Å². The summed E-state index contributed by atoms with van der Waals surface area (Å²) in [5.41, 5.74) is 2.56. The summed E-state index contributed by atoms with van der Waals surface area (Å²) in [5.74, 6) is 4.80. The highest BCUT2D eigenvalue weighted by Gasteiger charge is 2.13. The SMILES string of the molecule is CC(=O)Nc1ccc(NN)c([N+](=O)[O-])c1. The summed E-state index contributed by atoms with van der Waals surface area (Å²) in [6.45, 7) is 1.32. The van der Waals surface area contributed by atoms with Crippen molar-refractivity contribution in [2.24, 2.45) is 5.84 Å². The number of nitrogens with two attached hydrogens (primary N) is 1. The summed E-state index contributed by atoms with van der Waals surface area (Å²) in [5, 5.41) is 13.1. The average Bonchev–Trinajstić information content (AvgIpc) is 2.16. The lowest BCUT2D eigenvalue weighted by Gasteiger charge is -2.05. The van der Waals surface area contributed by atoms with Gasteiger partial charge in [-0.3, -0.25) is 20.8 Å². The molecule has 0 aliphatic carbocycles. The molecule has 0 radical (unpaired) electrons. The highest BCUT2D eigenvalue weighted by Crippen LogP contribution is 2.26. The fraction of sp³-hybridized carbons (Fsp3) is 0.125. The highest BCUT2D eigenvalue weighted by atomic mass is 16.6. The Morgan fingerprint density at radius 3 is 2.67 bits per heavy atom. The van der Waals surface area contributed by atoms with Crippen LogP contribution in [0.4, 0.5) is 17.1 Å². The van der Waals surface area contributed by atoms with Gasteiger partial charge in [0.1, 0.15) is 5.69 Å². The number of carbonyl (C=O) groups is 1. The minimum Gasteiger partial charge on any atom is -0.326 e. The number of rotatable bonds is 3. The van der Waals surface area contributed by atoms with Crippen LogP contribution in [0.3, 0.4) is 0 Å². The maximum absolute atomic E-state index is 10.7. The number of hydrogen-bond acceptors (Lipinski definition) is 5. The van der Waals surface area contributed by atoms with E-state index >= 15 is 0 Å². The predicted molar refractivity (Wildman–Crippen MR) is 55.2 cm³/mol. The van der Waals surface area contributed by atoms with E-state index in [0.717, 1.165) is 0 Å². The second-order valence-electron chi connectivity index (χ2n) is 2.81. The Morgan fingerprint density at radius 2 is 2.20 bits per heavy atom. The fourth-order valence-corrected chi connectivity index (χ4v) is 1.09. The van der Waals surface area contributed by atoms with Crippen LogP contribution >= 0.6 is 0 Å². The Hall–Kier alpha value is -2.15. The van der Waals surface area contributed by atoms with Gasteiger partial charge in [0.15, 0.2) is 0 Å². The van der Waals surface area contributed by atoms with E-state index in [1.165, 1.54) is 25.1 Å². The van der Waals surface area contributed by atoms with Gasteiger partial charge in [0.25, 0.3) is 5.69 Å². The highest BCUT2D eigenvalue weighted by molar-refractivity contribution is 5.89. The molecule has 0 fully saturated rings. The van der Waals surface area contributed by atoms with Gasteiger partial charge < -0.3 is 10.7 Å². The third-order valence-corrected chi connectivity index (χ3v) is 1.67. The molecule has 0 spiro atoms. The van der Waals surface area contributed by atoms with Gasteiger partial charge in [-0.1, -0.05) is 0 Å². The molecule has 0 saturated carbocycles. The Morgan fingerprint density at radius 1 is 1.53 bits per heavy atom. The van der Waals surface area contributed by atoms with Crippen molar-refractivity contribution >= 4 is 23.0 Å². The van der Waals surface area contributed by atoms with E-state index in [1.54, 1.807) is 0 Å². The number of hydrazine groups is 1. The van der Waals surface area contributed by atoms with Crippen LogP contribution in [0.15, 0.2) is 18.2 Å². The van der Waals surface area contributed by atoms with Crippen LogP contribution < -0.4 is 16.6 Å². The molecule has 1 aromatic rings. The second-order valence-corrected chi connectivity index (χ2v) is 2.81. The molecule has 1 aromatic carbocycles. The Kier molecular flexibility index (Phi) is 3.19. The molecule has 0 unspecified atom stereocenters. The third kappa shape index (κ3) is 2.64. The van der Waals surface area contributed by atoms with Gasteiger partial charge in [-0.25, -0.2) is 0 Å². The molecule has 80 valence electrons. The standard InChI is InChI=1S/C8H10N4O3/c1-5(13)10-6-2-3-7(11-9)8(4-6)12(14)15/h2-4,11H,9H2,1H3,(H,10,13). The minimum atomic E-state index is -0.583. The monoisotopic (exact) mass is 210 g/mol. The molecule has 7 heteroatoms. The van der Waals surface area contributed by atoms with Crippen molar-refractivity contribution in [3.05, 3.63) is 28.3 Å². The van der Waals surface area contributed by atoms with Crippen molar-refractivity contribution < 1.29 is 9.72 Å². The Labute approximate surface area is 85.4 Å². The molecule has 15 heavy (non-hydrogen) atoms. The van der Waals surface area contributed by atoms with Crippen molar-refractivity contribution in [1.29, 1.82) is 0 Å². The molecular formula is C8H10N4O3. The molecule has 7 nitrogen and oxygen atoms in total. The number of benzene rings is 1. The number of nitro benzene ring substituents is 1. The molecule has 0 aliphatic rings. The molecule has 0 aromatic heterocycles. The lowest BCUT2D eigenvalue weighted by Crippen LogP contribution is -2.10. The first kappa shape index (κ1) is 10.9. The van der Waals surface area contributed by atoms with E-state index in [4.69, 9.17) is 5.84 Å². The zero-order valence-electron chi connectivity index (χ0n) is 7.98. The first-order valence-electron chi connectivity index (χ1n) is 4.07. The van der Waals surface area contributed by atoms with E-state index in [0.29, 0.717) is 5.69 Å². The lowest BCUT2D eigenvalue weighted by molar-refractivity contribution is -0.383. The number of hydrogen-bond donors (Lipinski definition) is 3. The number of amides is 1. The number of nitrogen functional groups attached to an aromatic ring is 1. The van der Waals surface area contributed by atoms with E-state index in [-0.39, 0.29) is 17.3 Å². The molecule has 0 aliphatic heterocycles. The number of carbonyl (C=O) groups excluding carboxylic acids is 1. The molecule has 1 rings (SSSR count). The van der Waals surface area contributed by atoms with Gasteiger partial charge in [0.05, 0.1) is 4.92 Å². The van der Waals surface area contributed by atoms with Crippen molar-refractivity contribution in [1.82, 2.24) is 0 Å². The van der Waals surface area contributed by atoms with Gasteiger partial charge in [-0.05, 0) is 12.1 Å². The predicted octanol–water partition coefficient (Wildman–Crippen LogP) is 0.839. The van der Waals surface area contributed by atoms with Gasteiger partial charge in [-0.2, -0.15) is 0 Å². The molecule has 0 bridgehead atoms. The molecule has 4 N–H and O–H groups in total. The molecule has 0 saturated heterocycles. The number of nitrogens with zero attached hydrogens (tertiary/aromatic N) is 1. The summed E-state index contributed by atoms with van der Waals surface area (Å²) in [6.07, 6.45) is 0. The Bertz CT molecular complexity index is 405. The normalized spacial score (nSPS) is 9.47. The largest absolute Gasteiger partial charge is 0.326 e. The van der Waals surface area contributed by atoms with Crippen LogP contribution in [0.5, 0.6) is 0 Å². The second kappa shape index (κ2) is 4.38. The zero-order valence-corrected chi connectivity index (χ0v) is 7.98. The lowest BCUT2D eigenvalue weighted by atomic mass is 10.2. The summed E-state index contributed by atoms with van der Waals surface area (Å²) in [7, 11) is 0. The van der Waals surface area contributed by atoms with Gasteiger partial charge in [0.2, 0.25) is 5.91 Å². The van der Waals surface area contributed by atoms with Gasteiger partial charge >= 0.3 is 0 Å². The smallest absolute Gasteiger partial charge is 0.295 e. The fourth-order valence-electron chi connectivity index (χ4n) is 1.09. The average molecular weight is 210 g/mol. The zero-order chi connectivity index (χ0) is 11.4. The van der Waals surface area contributed by atoms with Crippen LogP contribution in [-0.4, -0.2) is 10.8 Å². The van der Waals surface area contributed by atoms with E-state index in [9.17, 15) is 14.9 Å². The van der Waals surface area contributed by atoms with E-state index < -0.39 is 4.92 Å². The number of anilines is 2. The third-order valence-electron chi connectivity index (χ3n) is 1.67. The van der Waals surface area contributed by atoms with E-state index in [2.05, 4.69) is 10.7 Å². The summed E-state index contributed by atoms with van der Waals surface area (Å²) < 4.78 is 0. The quantitative estimate of drug-likeness (QED) is 0.389. The Balaban J connectivity index is 3.10. The van der Waals surface area contributed by atoms with Crippen molar-refractivity contribution in [2.45, 2.75) is 6.92 Å². The van der Waals surface area contributed by atoms with Crippen LogP contribution in [0.1, 0.15) is 6.92 Å².